The molecule has 0 aromatic heterocycles. The molecule has 0 atom stereocenters. The molecule has 4 nitrogen and oxygen atoms in total. The van der Waals surface area contributed by atoms with Crippen molar-refractivity contribution >= 4 is 27.2 Å². The van der Waals surface area contributed by atoms with Crippen molar-refractivity contribution in [3.63, 3.8) is 0 Å². The molecule has 5 heteroatoms. The Kier molecular flexibility index (Phi) is 12000. The third-order valence-electron chi connectivity index (χ3n) is 0. The molecule has 11 heavy (non-hydrogen) atoms. The monoisotopic (exact) mass is 326 g/mol. The summed E-state index contributed by atoms with van der Waals surface area (Å²) in [6, 6.07) is 0. The van der Waals surface area contributed by atoms with Crippen LogP contribution < -0.4 is 0 Å². The third-order valence-corrected chi connectivity index (χ3v) is 0. The maximum Gasteiger partial charge on any atom is 0 e. The molecule has 66 valence electrons. The van der Waals surface area contributed by atoms with Gasteiger partial charge in [-0.05, 0) is 0 Å². The average molecular weight is 326 g/mol. The van der Waals surface area contributed by atoms with E-state index in [1.165, 1.54) is 0 Å². The molecule has 0 aromatic carbocycles. The number of carbonyl (C=O) groups excluding carboxylic acids is 4. The molecule has 0 rings (SSSR count). The molecule has 0 heterocycles. The topological polar surface area (TPSA) is 68.3 Å². The Labute approximate surface area is 82.6 Å². The van der Waals surface area contributed by atoms with Crippen LogP contribution in [0.25, 0.3) is 0 Å². The maximum atomic E-state index is 7.50. The molecule has 0 amide bonds. The zero-order valence-corrected chi connectivity index (χ0v) is 8.97. The minimum Gasteiger partial charge on any atom is -0.573 e. The van der Waals surface area contributed by atoms with Gasteiger partial charge in [0.1, 0.15) is 0 Å². The quantitative estimate of drug-likeness (QED) is 0.553. The molecular formula is C6H6O4W-6. The van der Waals surface area contributed by atoms with Gasteiger partial charge < -0.3 is 61.2 Å². The van der Waals surface area contributed by atoms with E-state index in [0.29, 0.717) is 0 Å². The third kappa shape index (κ3) is 1270. The van der Waals surface area contributed by atoms with E-state index in [0.717, 1.165) is 0 Å². The molecule has 0 aliphatic rings. The van der Waals surface area contributed by atoms with Crippen LogP contribution in [0.1, 0.15) is 0 Å². The fraction of sp³-hybridized carbons (Fsp3) is 0. The van der Waals surface area contributed by atoms with Crippen LogP contribution in [0.4, 0.5) is 0 Å². The van der Waals surface area contributed by atoms with Gasteiger partial charge in [0.15, 0.2) is 0 Å². The summed E-state index contributed by atoms with van der Waals surface area (Å²) in [4.78, 5) is 30.0. The average Bonchev–Trinajstić information content (AvgIpc) is 2.03. The van der Waals surface area contributed by atoms with Crippen LogP contribution >= 0.6 is 0 Å². The molecule has 4 radical (unpaired) electrons. The first-order valence-corrected chi connectivity index (χ1v) is 0.816. The van der Waals surface area contributed by atoms with Gasteiger partial charge in [-0.1, -0.05) is 0 Å². The largest absolute Gasteiger partial charge is 0.573 e. The molecule has 0 spiro atoms. The zero-order chi connectivity index (χ0) is 8.00. The van der Waals surface area contributed by atoms with Crippen molar-refractivity contribution in [3.05, 3.63) is 14.9 Å². The predicted octanol–water partition coefficient (Wildman–Crippen LogP) is -0.690. The molecule has 0 bridgehead atoms. The summed E-state index contributed by atoms with van der Waals surface area (Å²) < 4.78 is 0. The van der Waals surface area contributed by atoms with E-state index in [-0.39, 0.29) is 35.9 Å². The molecule has 0 unspecified atom stereocenters. The summed E-state index contributed by atoms with van der Waals surface area (Å²) in [6.45, 7) is 18.0. The SMILES string of the molecule is [C-]=O.[C-]=O.[C-]=O.[C-]=O.[CH3-].[CH3-].[W]. The molecule has 0 aromatic rings. The van der Waals surface area contributed by atoms with E-state index < -0.39 is 0 Å². The smallest absolute Gasteiger partial charge is 0 e. The Morgan fingerprint density at radius 3 is 0.455 bits per heavy atom. The summed E-state index contributed by atoms with van der Waals surface area (Å²) in [5.41, 5.74) is 0. The van der Waals surface area contributed by atoms with E-state index in [9.17, 15) is 0 Å². The van der Waals surface area contributed by atoms with Gasteiger partial charge in [0.25, 0.3) is 0 Å². The Balaban J connectivity index is -0.00000000356. The molecule has 0 fully saturated rings. The van der Waals surface area contributed by atoms with Gasteiger partial charge >= 0.3 is 0 Å². The first-order valence-electron chi connectivity index (χ1n) is 0.816. The van der Waals surface area contributed by atoms with Crippen LogP contribution in [-0.4, -0.2) is 27.2 Å². The van der Waals surface area contributed by atoms with Gasteiger partial charge in [0.05, 0.1) is 0 Å². The van der Waals surface area contributed by atoms with Gasteiger partial charge in [-0.15, -0.1) is 0 Å². The molecule has 0 saturated carbocycles. The van der Waals surface area contributed by atoms with Gasteiger partial charge in [0, 0.05) is 21.1 Å². The number of hydrogen-bond donors (Lipinski definition) is 0. The second kappa shape index (κ2) is 1640. The van der Waals surface area contributed by atoms with E-state index in [1.54, 1.807) is 0 Å². The van der Waals surface area contributed by atoms with Gasteiger partial charge in [0.2, 0.25) is 0 Å². The van der Waals surface area contributed by atoms with Gasteiger partial charge in [-0.2, -0.15) is 0 Å². The summed E-state index contributed by atoms with van der Waals surface area (Å²) in [5.74, 6) is 0. The fourth-order valence-electron chi connectivity index (χ4n) is 0. The molecular weight excluding hydrogens is 320 g/mol. The van der Waals surface area contributed by atoms with E-state index in [4.69, 9.17) is 19.2 Å². The second-order valence-electron chi connectivity index (χ2n) is 0. The van der Waals surface area contributed by atoms with E-state index in [2.05, 4.69) is 27.2 Å². The van der Waals surface area contributed by atoms with Crippen molar-refractivity contribution in [2.45, 2.75) is 0 Å². The van der Waals surface area contributed by atoms with Crippen LogP contribution in [0.2, 0.25) is 0 Å². The first-order chi connectivity index (χ1) is 4.00. The summed E-state index contributed by atoms with van der Waals surface area (Å²) in [7, 11) is 0. The molecule has 0 aliphatic heterocycles. The second-order valence-corrected chi connectivity index (χ2v) is 0. The first kappa shape index (κ1) is 80.2. The Bertz CT molecular complexity index is 22.5. The van der Waals surface area contributed by atoms with Crippen molar-refractivity contribution in [1.82, 2.24) is 0 Å². The van der Waals surface area contributed by atoms with Crippen LogP contribution in [0, 0.1) is 14.9 Å². The van der Waals surface area contributed by atoms with Gasteiger partial charge in [-0.25, -0.2) is 0 Å². The van der Waals surface area contributed by atoms with Crippen LogP contribution in [0.5, 0.6) is 0 Å². The fourth-order valence-corrected chi connectivity index (χ4v) is 0. The maximum absolute atomic E-state index is 7.50. The van der Waals surface area contributed by atoms with Crippen LogP contribution in [-0.2, 0) is 40.2 Å². The van der Waals surface area contributed by atoms with Crippen molar-refractivity contribution in [2.75, 3.05) is 0 Å². The predicted molar refractivity (Wildman–Crippen MR) is 35.6 cm³/mol. The molecule has 0 N–H and O–H groups in total. The Hall–Kier alpha value is -0.632. The van der Waals surface area contributed by atoms with Crippen LogP contribution in [0.3, 0.4) is 0 Å². The summed E-state index contributed by atoms with van der Waals surface area (Å²) in [6.07, 6.45) is 0. The molecule has 0 aliphatic carbocycles. The van der Waals surface area contributed by atoms with Gasteiger partial charge in [-0.3, -0.25) is 0 Å². The van der Waals surface area contributed by atoms with Crippen LogP contribution in [0.15, 0.2) is 0 Å². The summed E-state index contributed by atoms with van der Waals surface area (Å²) in [5, 5.41) is 0. The number of hydrogen-bond acceptors (Lipinski definition) is 4. The minimum atomic E-state index is 0. The van der Waals surface area contributed by atoms with Crippen molar-refractivity contribution < 1.29 is 40.2 Å². The Morgan fingerprint density at radius 2 is 0.455 bits per heavy atom. The zero-order valence-electron chi connectivity index (χ0n) is 6.04. The normalized spacial score (nSPS) is 1.45. The Morgan fingerprint density at radius 1 is 0.455 bits per heavy atom. The van der Waals surface area contributed by atoms with E-state index in [1.807, 2.05) is 0 Å². The van der Waals surface area contributed by atoms with E-state index >= 15 is 0 Å². The summed E-state index contributed by atoms with van der Waals surface area (Å²) >= 11 is 0. The van der Waals surface area contributed by atoms with Crippen molar-refractivity contribution in [3.8, 4) is 0 Å². The van der Waals surface area contributed by atoms with Crippen molar-refractivity contribution in [1.29, 1.82) is 0 Å². The molecule has 0 saturated heterocycles. The van der Waals surface area contributed by atoms with Crippen molar-refractivity contribution in [2.24, 2.45) is 0 Å². The standard InChI is InChI=1S/4CO.2CH3.W/c4*1-2;;;/h;;;;2*1H3;/q6*-1;. The number of rotatable bonds is 0. The minimum absolute atomic E-state index is 0.